The van der Waals surface area contributed by atoms with Crippen LogP contribution in [0.5, 0.6) is 0 Å². The van der Waals surface area contributed by atoms with Crippen LogP contribution < -0.4 is 0 Å². The Morgan fingerprint density at radius 2 is 1.94 bits per heavy atom. The van der Waals surface area contributed by atoms with E-state index < -0.39 is 23.4 Å². The molecule has 1 aromatic carbocycles. The zero-order chi connectivity index (χ0) is 12.4. The average molecular weight is 236 g/mol. The molecule has 1 heterocycles. The fraction of sp³-hybridized carbons (Fsp3) is 0. The maximum absolute atomic E-state index is 13.0. The number of carboxylic acids is 1. The first kappa shape index (κ1) is 11.1. The molecule has 0 aliphatic carbocycles. The quantitative estimate of drug-likeness (QED) is 0.867. The number of aromatic carboxylic acids is 1. The van der Waals surface area contributed by atoms with E-state index in [2.05, 4.69) is 9.97 Å². The van der Waals surface area contributed by atoms with E-state index in [4.69, 9.17) is 5.11 Å². The van der Waals surface area contributed by atoms with Gasteiger partial charge in [0.05, 0.1) is 5.69 Å². The smallest absolute Gasteiger partial charge is 0.373 e. The highest BCUT2D eigenvalue weighted by Gasteiger charge is 2.10. The summed E-state index contributed by atoms with van der Waals surface area (Å²) in [5.41, 5.74) is 0.505. The van der Waals surface area contributed by atoms with E-state index in [-0.39, 0.29) is 11.3 Å². The molecule has 86 valence electrons. The number of halogens is 2. The van der Waals surface area contributed by atoms with Crippen molar-refractivity contribution in [3.8, 4) is 11.3 Å². The molecule has 0 spiro atoms. The van der Waals surface area contributed by atoms with Crippen LogP contribution in [0.25, 0.3) is 11.3 Å². The second kappa shape index (κ2) is 4.25. The first-order valence-electron chi connectivity index (χ1n) is 4.59. The van der Waals surface area contributed by atoms with Crippen molar-refractivity contribution in [3.63, 3.8) is 0 Å². The number of carbonyl (C=O) groups is 1. The molecule has 1 N–H and O–H groups in total. The van der Waals surface area contributed by atoms with Gasteiger partial charge in [0.15, 0.2) is 11.6 Å². The van der Waals surface area contributed by atoms with Gasteiger partial charge < -0.3 is 5.11 Å². The van der Waals surface area contributed by atoms with Crippen molar-refractivity contribution in [2.24, 2.45) is 0 Å². The van der Waals surface area contributed by atoms with Crippen molar-refractivity contribution in [1.29, 1.82) is 0 Å². The summed E-state index contributed by atoms with van der Waals surface area (Å²) in [4.78, 5) is 17.9. The minimum Gasteiger partial charge on any atom is -0.475 e. The van der Waals surface area contributed by atoms with Crippen LogP contribution in [0.4, 0.5) is 8.78 Å². The molecule has 1 aromatic heterocycles. The summed E-state index contributed by atoms with van der Waals surface area (Å²) in [6, 6.07) is 4.63. The molecule has 0 aliphatic heterocycles. The van der Waals surface area contributed by atoms with E-state index in [1.807, 2.05) is 0 Å². The fourth-order valence-corrected chi connectivity index (χ4v) is 1.28. The summed E-state index contributed by atoms with van der Waals surface area (Å²) < 4.78 is 25.7. The third-order valence-electron chi connectivity index (χ3n) is 2.06. The summed E-state index contributed by atoms with van der Waals surface area (Å²) in [6.07, 6.45) is 1.24. The molecule has 2 rings (SSSR count). The van der Waals surface area contributed by atoms with Crippen molar-refractivity contribution < 1.29 is 18.7 Å². The molecule has 0 fully saturated rings. The molecule has 0 bridgehead atoms. The lowest BCUT2D eigenvalue weighted by Gasteiger charge is -2.02. The molecular formula is C11H6F2N2O2. The molecule has 6 heteroatoms. The number of nitrogens with zero attached hydrogens (tertiary/aromatic N) is 2. The van der Waals surface area contributed by atoms with Gasteiger partial charge in [-0.1, -0.05) is 0 Å². The predicted octanol–water partition coefficient (Wildman–Crippen LogP) is 2.12. The first-order chi connectivity index (χ1) is 8.08. The first-order valence-corrected chi connectivity index (χ1v) is 4.59. The molecular weight excluding hydrogens is 230 g/mol. The van der Waals surface area contributed by atoms with Crippen molar-refractivity contribution in [2.45, 2.75) is 0 Å². The lowest BCUT2D eigenvalue weighted by Crippen LogP contribution is -2.04. The Labute approximate surface area is 94.6 Å². The van der Waals surface area contributed by atoms with Crippen LogP contribution in [0.1, 0.15) is 10.6 Å². The van der Waals surface area contributed by atoms with Crippen LogP contribution in [0.3, 0.4) is 0 Å². The molecule has 0 aliphatic rings. The van der Waals surface area contributed by atoms with Crippen LogP contribution in [-0.2, 0) is 0 Å². The summed E-state index contributed by atoms with van der Waals surface area (Å²) in [5, 5.41) is 8.70. The van der Waals surface area contributed by atoms with Crippen LogP contribution in [0, 0.1) is 11.6 Å². The summed E-state index contributed by atoms with van der Waals surface area (Å²) in [6.45, 7) is 0. The third kappa shape index (κ3) is 2.25. The topological polar surface area (TPSA) is 63.1 Å². The lowest BCUT2D eigenvalue weighted by atomic mass is 10.1. The van der Waals surface area contributed by atoms with Crippen molar-refractivity contribution in [2.75, 3.05) is 0 Å². The maximum atomic E-state index is 13.0. The Morgan fingerprint density at radius 3 is 2.59 bits per heavy atom. The monoisotopic (exact) mass is 236 g/mol. The van der Waals surface area contributed by atoms with Gasteiger partial charge in [-0.2, -0.15) is 0 Å². The van der Waals surface area contributed by atoms with Crippen LogP contribution in [0.15, 0.2) is 30.5 Å². The Bertz CT molecular complexity index is 587. The van der Waals surface area contributed by atoms with Gasteiger partial charge in [-0.15, -0.1) is 0 Å². The Morgan fingerprint density at radius 1 is 1.18 bits per heavy atom. The largest absolute Gasteiger partial charge is 0.475 e. The minimum atomic E-state index is -1.28. The number of carboxylic acid groups (broad SMARTS) is 1. The normalized spacial score (nSPS) is 10.2. The standard InChI is InChI=1S/C11H6F2N2O2/c12-7-2-1-6(5-8(7)13)9-3-4-14-10(15-9)11(16)17/h1-5H,(H,16,17). The molecule has 0 amide bonds. The van der Waals surface area contributed by atoms with E-state index in [9.17, 15) is 13.6 Å². The summed E-state index contributed by atoms with van der Waals surface area (Å²) >= 11 is 0. The average Bonchev–Trinajstić information content (AvgIpc) is 2.33. The van der Waals surface area contributed by atoms with Crippen molar-refractivity contribution in [3.05, 3.63) is 47.9 Å². The predicted molar refractivity (Wildman–Crippen MR) is 54.3 cm³/mol. The molecule has 0 radical (unpaired) electrons. The zero-order valence-corrected chi connectivity index (χ0v) is 8.39. The van der Waals surface area contributed by atoms with E-state index in [0.717, 1.165) is 12.1 Å². The van der Waals surface area contributed by atoms with Gasteiger partial charge in [0.1, 0.15) is 0 Å². The third-order valence-corrected chi connectivity index (χ3v) is 2.06. The number of aromatic nitrogens is 2. The van der Waals surface area contributed by atoms with Crippen LogP contribution in [-0.4, -0.2) is 21.0 Å². The Kier molecular flexibility index (Phi) is 2.78. The van der Waals surface area contributed by atoms with E-state index >= 15 is 0 Å². The van der Waals surface area contributed by atoms with Crippen molar-refractivity contribution in [1.82, 2.24) is 9.97 Å². The van der Waals surface area contributed by atoms with Gasteiger partial charge in [-0.25, -0.2) is 23.5 Å². The van der Waals surface area contributed by atoms with Gasteiger partial charge in [-0.05, 0) is 24.3 Å². The van der Waals surface area contributed by atoms with E-state index in [0.29, 0.717) is 0 Å². The van der Waals surface area contributed by atoms with Gasteiger partial charge in [0.2, 0.25) is 5.82 Å². The van der Waals surface area contributed by atoms with Gasteiger partial charge in [-0.3, -0.25) is 0 Å². The molecule has 17 heavy (non-hydrogen) atoms. The second-order valence-electron chi connectivity index (χ2n) is 3.20. The van der Waals surface area contributed by atoms with Gasteiger partial charge in [0, 0.05) is 11.8 Å². The zero-order valence-electron chi connectivity index (χ0n) is 8.39. The lowest BCUT2D eigenvalue weighted by molar-refractivity contribution is 0.0683. The molecule has 0 atom stereocenters. The number of benzene rings is 1. The summed E-state index contributed by atoms with van der Waals surface area (Å²) in [7, 11) is 0. The minimum absolute atomic E-state index is 0.219. The van der Waals surface area contributed by atoms with Crippen LogP contribution >= 0.6 is 0 Å². The van der Waals surface area contributed by atoms with Crippen LogP contribution in [0.2, 0.25) is 0 Å². The highest BCUT2D eigenvalue weighted by Crippen LogP contribution is 2.19. The highest BCUT2D eigenvalue weighted by atomic mass is 19.2. The number of hydrogen-bond acceptors (Lipinski definition) is 3. The second-order valence-corrected chi connectivity index (χ2v) is 3.20. The van der Waals surface area contributed by atoms with Gasteiger partial charge in [0.25, 0.3) is 0 Å². The number of hydrogen-bond donors (Lipinski definition) is 1. The van der Waals surface area contributed by atoms with Crippen molar-refractivity contribution >= 4 is 5.97 Å². The SMILES string of the molecule is O=C(O)c1nccc(-c2ccc(F)c(F)c2)n1. The maximum Gasteiger partial charge on any atom is 0.373 e. The number of rotatable bonds is 2. The molecule has 0 unspecified atom stereocenters. The summed E-state index contributed by atoms with van der Waals surface area (Å²) in [5.74, 6) is -3.67. The van der Waals surface area contributed by atoms with Gasteiger partial charge >= 0.3 is 5.97 Å². The fourth-order valence-electron chi connectivity index (χ4n) is 1.28. The molecule has 4 nitrogen and oxygen atoms in total. The molecule has 0 saturated carbocycles. The molecule has 0 saturated heterocycles. The van der Waals surface area contributed by atoms with E-state index in [1.54, 1.807) is 0 Å². The van der Waals surface area contributed by atoms with E-state index in [1.165, 1.54) is 18.3 Å². The Hall–Kier alpha value is -2.37. The Balaban J connectivity index is 2.49. The molecule has 2 aromatic rings. The highest BCUT2D eigenvalue weighted by molar-refractivity contribution is 5.83.